The van der Waals surface area contributed by atoms with E-state index in [2.05, 4.69) is 30.8 Å². The van der Waals surface area contributed by atoms with E-state index in [0.29, 0.717) is 11.5 Å². The van der Waals surface area contributed by atoms with Crippen LogP contribution in [-0.4, -0.2) is 13.2 Å². The molecule has 0 radical (unpaired) electrons. The minimum Gasteiger partial charge on any atom is -0.491 e. The summed E-state index contributed by atoms with van der Waals surface area (Å²) in [6.45, 7) is 6.59. The smallest absolute Gasteiger partial charge is 0.201 e. The summed E-state index contributed by atoms with van der Waals surface area (Å²) in [7, 11) is 0. The Bertz CT molecular complexity index is 1030. The Labute approximate surface area is 182 Å². The number of benzene rings is 3. The number of hydrogen-bond acceptors (Lipinski definition) is 2. The van der Waals surface area contributed by atoms with Crippen molar-refractivity contribution in [3.8, 4) is 28.0 Å². The average Bonchev–Trinajstić information content (AvgIpc) is 2.83. The van der Waals surface area contributed by atoms with Crippen LogP contribution in [0.2, 0.25) is 0 Å². The van der Waals surface area contributed by atoms with Gasteiger partial charge in [0.25, 0.3) is 0 Å². The van der Waals surface area contributed by atoms with E-state index in [4.69, 9.17) is 9.47 Å². The largest absolute Gasteiger partial charge is 0.491 e. The van der Waals surface area contributed by atoms with Gasteiger partial charge in [-0.1, -0.05) is 54.6 Å². The predicted octanol–water partition coefficient (Wildman–Crippen LogP) is 7.35. The van der Waals surface area contributed by atoms with Crippen LogP contribution in [0.4, 0.5) is 8.78 Å². The van der Waals surface area contributed by atoms with E-state index in [-0.39, 0.29) is 24.0 Å². The van der Waals surface area contributed by atoms with Crippen molar-refractivity contribution in [2.75, 3.05) is 13.2 Å². The molecule has 1 saturated heterocycles. The standard InChI is InChI=1S/C27H26F2O2/c1-3-18-5-15-24(31-17-18)22-12-8-20(9-13-22)19-6-10-21(11-7-19)23-14-16-25(30-4-2)27(29)26(23)28/h3,6-14,16,18,24H,1,4-5,15,17H2,2H3. The number of hydrogen-bond donors (Lipinski definition) is 0. The topological polar surface area (TPSA) is 18.5 Å². The molecule has 3 aromatic carbocycles. The summed E-state index contributed by atoms with van der Waals surface area (Å²) in [5.74, 6) is -1.47. The van der Waals surface area contributed by atoms with Crippen molar-refractivity contribution in [3.05, 3.63) is 90.5 Å². The fourth-order valence-corrected chi connectivity index (χ4v) is 3.97. The van der Waals surface area contributed by atoms with Gasteiger partial charge >= 0.3 is 0 Å². The van der Waals surface area contributed by atoms with Crippen LogP contribution in [0.1, 0.15) is 31.4 Å². The second-order valence-electron chi connectivity index (χ2n) is 7.77. The van der Waals surface area contributed by atoms with Crippen LogP contribution >= 0.6 is 0 Å². The molecule has 1 aliphatic heterocycles. The Morgan fingerprint density at radius 2 is 1.55 bits per heavy atom. The molecular weight excluding hydrogens is 394 g/mol. The molecule has 0 N–H and O–H groups in total. The summed E-state index contributed by atoms with van der Waals surface area (Å²) in [5, 5.41) is 0. The third-order valence-corrected chi connectivity index (χ3v) is 5.80. The van der Waals surface area contributed by atoms with E-state index in [0.717, 1.165) is 30.6 Å². The van der Waals surface area contributed by atoms with Crippen molar-refractivity contribution >= 4 is 0 Å². The molecule has 0 saturated carbocycles. The first kappa shape index (κ1) is 21.3. The highest BCUT2D eigenvalue weighted by molar-refractivity contribution is 5.71. The molecule has 3 aromatic rings. The normalized spacial score (nSPS) is 18.5. The lowest BCUT2D eigenvalue weighted by molar-refractivity contribution is -0.00513. The minimum atomic E-state index is -0.955. The molecule has 1 heterocycles. The van der Waals surface area contributed by atoms with E-state index in [9.17, 15) is 8.78 Å². The Morgan fingerprint density at radius 3 is 2.13 bits per heavy atom. The Hall–Kier alpha value is -2.98. The second-order valence-corrected chi connectivity index (χ2v) is 7.77. The zero-order valence-corrected chi connectivity index (χ0v) is 17.6. The van der Waals surface area contributed by atoms with Gasteiger partial charge in [-0.05, 0) is 54.2 Å². The van der Waals surface area contributed by atoms with Crippen molar-refractivity contribution < 1.29 is 18.3 Å². The van der Waals surface area contributed by atoms with Gasteiger partial charge in [0.2, 0.25) is 5.82 Å². The Kier molecular flexibility index (Phi) is 6.47. The maximum absolute atomic E-state index is 14.5. The number of halogens is 2. The lowest BCUT2D eigenvalue weighted by Gasteiger charge is -2.27. The SMILES string of the molecule is C=CC1CCC(c2ccc(-c3ccc(-c4ccc(OCC)c(F)c4F)cc3)cc2)OC1. The van der Waals surface area contributed by atoms with E-state index >= 15 is 0 Å². The molecule has 1 aliphatic rings. The molecule has 0 bridgehead atoms. The van der Waals surface area contributed by atoms with Crippen LogP contribution in [0, 0.1) is 17.6 Å². The van der Waals surface area contributed by atoms with E-state index < -0.39 is 11.6 Å². The lowest BCUT2D eigenvalue weighted by atomic mass is 9.93. The molecule has 2 nitrogen and oxygen atoms in total. The van der Waals surface area contributed by atoms with Crippen LogP contribution in [0.3, 0.4) is 0 Å². The highest BCUT2D eigenvalue weighted by Gasteiger charge is 2.21. The molecule has 160 valence electrons. The second kappa shape index (κ2) is 9.44. The quantitative estimate of drug-likeness (QED) is 0.388. The molecular formula is C27H26F2O2. The van der Waals surface area contributed by atoms with Crippen LogP contribution in [0.15, 0.2) is 73.3 Å². The zero-order chi connectivity index (χ0) is 21.8. The van der Waals surface area contributed by atoms with Crippen LogP contribution in [0.25, 0.3) is 22.3 Å². The van der Waals surface area contributed by atoms with Gasteiger partial charge in [-0.25, -0.2) is 4.39 Å². The molecule has 2 atom stereocenters. The maximum atomic E-state index is 14.5. The zero-order valence-electron chi connectivity index (χ0n) is 17.6. The van der Waals surface area contributed by atoms with Crippen molar-refractivity contribution in [3.63, 3.8) is 0 Å². The monoisotopic (exact) mass is 420 g/mol. The minimum absolute atomic E-state index is 0.0672. The summed E-state index contributed by atoms with van der Waals surface area (Å²) in [6.07, 6.45) is 4.19. The molecule has 0 amide bonds. The lowest BCUT2D eigenvalue weighted by Crippen LogP contribution is -2.19. The third kappa shape index (κ3) is 4.54. The average molecular weight is 420 g/mol. The number of rotatable bonds is 6. The van der Waals surface area contributed by atoms with Gasteiger partial charge in [0, 0.05) is 11.5 Å². The van der Waals surface area contributed by atoms with E-state index in [1.54, 1.807) is 25.1 Å². The molecule has 0 aromatic heterocycles. The predicted molar refractivity (Wildman–Crippen MR) is 120 cm³/mol. The van der Waals surface area contributed by atoms with E-state index in [1.807, 2.05) is 18.2 Å². The van der Waals surface area contributed by atoms with Gasteiger partial charge in [0.15, 0.2) is 11.6 Å². The van der Waals surface area contributed by atoms with Crippen LogP contribution < -0.4 is 4.74 Å². The maximum Gasteiger partial charge on any atom is 0.201 e. The molecule has 2 unspecified atom stereocenters. The van der Waals surface area contributed by atoms with Crippen molar-refractivity contribution in [2.45, 2.75) is 25.9 Å². The van der Waals surface area contributed by atoms with Gasteiger partial charge in [-0.15, -0.1) is 6.58 Å². The van der Waals surface area contributed by atoms with Gasteiger partial charge in [-0.3, -0.25) is 0 Å². The molecule has 0 spiro atoms. The molecule has 4 heteroatoms. The fourth-order valence-electron chi connectivity index (χ4n) is 3.97. The van der Waals surface area contributed by atoms with Crippen LogP contribution in [0.5, 0.6) is 5.75 Å². The van der Waals surface area contributed by atoms with Crippen molar-refractivity contribution in [1.82, 2.24) is 0 Å². The Morgan fingerprint density at radius 1 is 0.903 bits per heavy atom. The van der Waals surface area contributed by atoms with Crippen LogP contribution in [-0.2, 0) is 4.74 Å². The summed E-state index contributed by atoms with van der Waals surface area (Å²) >= 11 is 0. The first-order chi connectivity index (χ1) is 15.1. The van der Waals surface area contributed by atoms with Crippen molar-refractivity contribution in [1.29, 1.82) is 0 Å². The molecule has 4 rings (SSSR count). The van der Waals surface area contributed by atoms with Gasteiger partial charge in [0.05, 0.1) is 19.3 Å². The van der Waals surface area contributed by atoms with E-state index in [1.165, 1.54) is 11.6 Å². The summed E-state index contributed by atoms with van der Waals surface area (Å²) in [4.78, 5) is 0. The fraction of sp³-hybridized carbons (Fsp3) is 0.259. The first-order valence-electron chi connectivity index (χ1n) is 10.7. The summed E-state index contributed by atoms with van der Waals surface area (Å²) in [6, 6.07) is 18.8. The Balaban J connectivity index is 1.50. The van der Waals surface area contributed by atoms with Gasteiger partial charge < -0.3 is 9.47 Å². The third-order valence-electron chi connectivity index (χ3n) is 5.80. The summed E-state index contributed by atoms with van der Waals surface area (Å²) in [5.41, 5.74) is 4.09. The first-order valence-corrected chi connectivity index (χ1v) is 10.7. The summed E-state index contributed by atoms with van der Waals surface area (Å²) < 4.78 is 39.8. The van der Waals surface area contributed by atoms with Gasteiger partial charge in [0.1, 0.15) is 0 Å². The molecule has 0 aliphatic carbocycles. The highest BCUT2D eigenvalue weighted by Crippen LogP contribution is 2.34. The van der Waals surface area contributed by atoms with Crippen molar-refractivity contribution in [2.24, 2.45) is 5.92 Å². The molecule has 1 fully saturated rings. The molecule has 31 heavy (non-hydrogen) atoms. The van der Waals surface area contributed by atoms with Gasteiger partial charge in [-0.2, -0.15) is 4.39 Å². The highest BCUT2D eigenvalue weighted by atomic mass is 19.2. The number of ether oxygens (including phenoxy) is 2.